The van der Waals surface area contributed by atoms with Gasteiger partial charge in [-0.15, -0.1) is 0 Å². The highest BCUT2D eigenvalue weighted by Crippen LogP contribution is 2.41. The second-order valence-electron chi connectivity index (χ2n) is 6.39. The van der Waals surface area contributed by atoms with Crippen molar-refractivity contribution < 1.29 is 24.2 Å². The summed E-state index contributed by atoms with van der Waals surface area (Å²) in [6, 6.07) is 12.7. The van der Waals surface area contributed by atoms with Crippen molar-refractivity contribution in [1.29, 1.82) is 0 Å². The first-order chi connectivity index (χ1) is 14.0. The molecule has 2 aromatic carbocycles. The molecule has 0 amide bonds. The predicted octanol–water partition coefficient (Wildman–Crippen LogP) is 3.50. The second kappa shape index (κ2) is 9.26. The highest BCUT2D eigenvalue weighted by atomic mass is 35.5. The molecule has 2 aromatic rings. The van der Waals surface area contributed by atoms with Crippen LogP contribution >= 0.6 is 11.6 Å². The average molecular weight is 418 g/mol. The standard InChI is InChI=1S/C21H22ClN2O5/c1-3-28-20(26)18(21(27)29-4-2)24-19(25)16-10-5-6-11-17(16)23(24)13-14-8-7-9-15(22)12-14/h5-12,18-19H,3-4,13H2,1-2H3. The van der Waals surface area contributed by atoms with Crippen LogP contribution in [0.2, 0.25) is 5.02 Å². The molecule has 0 fully saturated rings. The number of halogens is 1. The van der Waals surface area contributed by atoms with Crippen molar-refractivity contribution in [1.82, 2.24) is 5.01 Å². The summed E-state index contributed by atoms with van der Waals surface area (Å²) in [5.74, 6) is -1.65. The fourth-order valence-corrected chi connectivity index (χ4v) is 3.54. The molecule has 0 aromatic heterocycles. The highest BCUT2D eigenvalue weighted by Gasteiger charge is 2.48. The Kier molecular flexibility index (Phi) is 6.74. The van der Waals surface area contributed by atoms with Crippen LogP contribution < -0.4 is 5.01 Å². The monoisotopic (exact) mass is 417 g/mol. The maximum atomic E-state index is 13.2. The molecule has 7 nitrogen and oxygen atoms in total. The van der Waals surface area contributed by atoms with Crippen LogP contribution in [0.25, 0.3) is 0 Å². The molecule has 0 bridgehead atoms. The number of ether oxygens (including phenoxy) is 2. The Labute approximate surface area is 174 Å². The van der Waals surface area contributed by atoms with Crippen LogP contribution in [0, 0.1) is 0 Å². The quantitative estimate of drug-likeness (QED) is 0.506. The molecular formula is C21H22ClN2O5. The van der Waals surface area contributed by atoms with Crippen LogP contribution in [-0.2, 0) is 30.7 Å². The van der Waals surface area contributed by atoms with Crippen LogP contribution in [0.1, 0.15) is 31.2 Å². The summed E-state index contributed by atoms with van der Waals surface area (Å²) in [6.07, 6.45) is -1.47. The zero-order valence-electron chi connectivity index (χ0n) is 16.2. The Balaban J connectivity index is 2.04. The van der Waals surface area contributed by atoms with E-state index in [-0.39, 0.29) is 19.8 Å². The number of hydrogen-bond acceptors (Lipinski definition) is 6. The summed E-state index contributed by atoms with van der Waals surface area (Å²) in [4.78, 5) is 25.3. The third-order valence-electron chi connectivity index (χ3n) is 4.51. The zero-order valence-corrected chi connectivity index (χ0v) is 17.0. The van der Waals surface area contributed by atoms with Crippen LogP contribution in [0.3, 0.4) is 0 Å². The number of carbonyl (C=O) groups is 2. The predicted molar refractivity (Wildman–Crippen MR) is 106 cm³/mol. The first kappa shape index (κ1) is 21.1. The van der Waals surface area contributed by atoms with Gasteiger partial charge in [0, 0.05) is 10.6 Å². The maximum Gasteiger partial charge on any atom is 0.337 e. The second-order valence-corrected chi connectivity index (χ2v) is 6.82. The minimum Gasteiger partial charge on any atom is -0.464 e. The van der Waals surface area contributed by atoms with E-state index in [9.17, 15) is 14.7 Å². The number of hydrazine groups is 1. The van der Waals surface area contributed by atoms with Crippen molar-refractivity contribution in [3.05, 3.63) is 64.7 Å². The smallest absolute Gasteiger partial charge is 0.337 e. The lowest BCUT2D eigenvalue weighted by molar-refractivity contribution is -0.173. The molecule has 1 radical (unpaired) electrons. The van der Waals surface area contributed by atoms with Gasteiger partial charge in [-0.3, -0.25) is 5.01 Å². The Hall–Kier alpha value is -2.61. The van der Waals surface area contributed by atoms with E-state index >= 15 is 0 Å². The fraction of sp³-hybridized carbons (Fsp3) is 0.333. The highest BCUT2D eigenvalue weighted by molar-refractivity contribution is 6.30. The van der Waals surface area contributed by atoms with Gasteiger partial charge in [-0.1, -0.05) is 41.9 Å². The first-order valence-electron chi connectivity index (χ1n) is 9.36. The van der Waals surface area contributed by atoms with E-state index in [4.69, 9.17) is 21.1 Å². The molecule has 1 atom stereocenters. The molecule has 3 rings (SSSR count). The number of rotatable bonds is 7. The molecule has 0 saturated carbocycles. The third-order valence-corrected chi connectivity index (χ3v) is 4.74. The van der Waals surface area contributed by atoms with Gasteiger partial charge >= 0.3 is 11.9 Å². The Morgan fingerprint density at radius 2 is 1.69 bits per heavy atom. The van der Waals surface area contributed by atoms with Crippen molar-refractivity contribution in [2.24, 2.45) is 0 Å². The van der Waals surface area contributed by atoms with E-state index in [1.165, 1.54) is 5.01 Å². The van der Waals surface area contributed by atoms with Crippen LogP contribution in [0.4, 0.5) is 5.69 Å². The van der Waals surface area contributed by atoms with Crippen molar-refractivity contribution in [3.8, 4) is 0 Å². The lowest BCUT2D eigenvalue weighted by atomic mass is 10.1. The Morgan fingerprint density at radius 1 is 1.03 bits per heavy atom. The number of benzene rings is 2. The molecule has 1 aliphatic rings. The Morgan fingerprint density at radius 3 is 2.31 bits per heavy atom. The number of carbonyl (C=O) groups excluding carboxylic acids is 2. The summed E-state index contributed by atoms with van der Waals surface area (Å²) < 4.78 is 10.2. The molecule has 29 heavy (non-hydrogen) atoms. The van der Waals surface area contributed by atoms with E-state index in [1.54, 1.807) is 61.3 Å². The van der Waals surface area contributed by atoms with Gasteiger partial charge in [-0.25, -0.2) is 14.7 Å². The number of anilines is 1. The summed E-state index contributed by atoms with van der Waals surface area (Å²) in [7, 11) is 0. The molecule has 0 N–H and O–H groups in total. The summed E-state index contributed by atoms with van der Waals surface area (Å²) >= 11 is 6.10. The molecule has 1 unspecified atom stereocenters. The largest absolute Gasteiger partial charge is 0.464 e. The Bertz CT molecular complexity index is 873. The van der Waals surface area contributed by atoms with Gasteiger partial charge in [-0.2, -0.15) is 5.01 Å². The van der Waals surface area contributed by atoms with Gasteiger partial charge in [0.15, 0.2) is 6.23 Å². The molecular weight excluding hydrogens is 396 g/mol. The maximum absolute atomic E-state index is 13.2. The normalized spacial score (nSPS) is 16.0. The van der Waals surface area contributed by atoms with Crippen LogP contribution in [0.5, 0.6) is 0 Å². The minimum absolute atomic E-state index is 0.0767. The number of nitrogens with zero attached hydrogens (tertiary/aromatic N) is 2. The molecule has 0 spiro atoms. The van der Waals surface area contributed by atoms with Gasteiger partial charge in [0.1, 0.15) is 0 Å². The SMILES string of the molecule is CCOC(=O)C(C(=O)OCC)N1C([O])c2ccccc2N1Cc1cccc(Cl)c1. The van der Waals surface area contributed by atoms with Crippen molar-refractivity contribution in [2.75, 3.05) is 18.2 Å². The topological polar surface area (TPSA) is 79.0 Å². The molecule has 8 heteroatoms. The lowest BCUT2D eigenvalue weighted by Gasteiger charge is -2.35. The fourth-order valence-electron chi connectivity index (χ4n) is 3.33. The summed E-state index contributed by atoms with van der Waals surface area (Å²) in [6.45, 7) is 3.67. The molecule has 1 heterocycles. The van der Waals surface area contributed by atoms with Gasteiger partial charge in [0.25, 0.3) is 0 Å². The first-order valence-corrected chi connectivity index (χ1v) is 9.74. The average Bonchev–Trinajstić information content (AvgIpc) is 2.95. The third kappa shape index (κ3) is 4.37. The van der Waals surface area contributed by atoms with Crippen molar-refractivity contribution in [3.63, 3.8) is 0 Å². The van der Waals surface area contributed by atoms with Crippen LogP contribution in [-0.4, -0.2) is 36.2 Å². The summed E-state index contributed by atoms with van der Waals surface area (Å²) in [5.41, 5.74) is 1.90. The number of para-hydroxylation sites is 1. The van der Waals surface area contributed by atoms with E-state index in [0.717, 1.165) is 5.56 Å². The summed E-state index contributed by atoms with van der Waals surface area (Å²) in [5, 5.41) is 16.6. The van der Waals surface area contributed by atoms with Crippen LogP contribution in [0.15, 0.2) is 48.5 Å². The number of fused-ring (bicyclic) bond motifs is 1. The van der Waals surface area contributed by atoms with Gasteiger partial charge in [0.2, 0.25) is 6.04 Å². The molecule has 0 aliphatic carbocycles. The zero-order chi connectivity index (χ0) is 21.0. The van der Waals surface area contributed by atoms with E-state index in [0.29, 0.717) is 16.3 Å². The van der Waals surface area contributed by atoms with Gasteiger partial charge in [0.05, 0.1) is 25.4 Å². The van der Waals surface area contributed by atoms with E-state index in [2.05, 4.69) is 0 Å². The number of hydrogen-bond donors (Lipinski definition) is 0. The van der Waals surface area contributed by atoms with E-state index in [1.807, 2.05) is 6.07 Å². The van der Waals surface area contributed by atoms with Gasteiger partial charge in [-0.05, 0) is 37.6 Å². The molecule has 153 valence electrons. The van der Waals surface area contributed by atoms with Gasteiger partial charge < -0.3 is 9.47 Å². The lowest BCUT2D eigenvalue weighted by Crippen LogP contribution is -2.54. The molecule has 1 aliphatic heterocycles. The minimum atomic E-state index is -1.51. The number of esters is 2. The van der Waals surface area contributed by atoms with E-state index < -0.39 is 24.2 Å². The molecule has 0 saturated heterocycles. The van der Waals surface area contributed by atoms with Crippen molar-refractivity contribution >= 4 is 29.2 Å². The van der Waals surface area contributed by atoms with Crippen molar-refractivity contribution in [2.45, 2.75) is 32.7 Å².